The van der Waals surface area contributed by atoms with Gasteiger partial charge in [0.15, 0.2) is 17.3 Å². The highest BCUT2D eigenvalue weighted by Gasteiger charge is 2.66. The maximum atomic E-state index is 14.6. The van der Waals surface area contributed by atoms with Gasteiger partial charge in [-0.25, -0.2) is 0 Å². The van der Waals surface area contributed by atoms with Gasteiger partial charge in [-0.1, -0.05) is 46.5 Å². The largest absolute Gasteiger partial charge is 0.511 e. The SMILES string of the molecule is CCCC1CCC(Cc2ccc(-c3cc(N(C)C)c4c(c3O)C(=O)C3=C(O)[C@@]5(C)C(=O)C(C(C)=O)=C(O)C[C@@]5(C)C[C@@]3(C)C4)o2)CC1. The fourth-order valence-electron chi connectivity index (χ4n) is 9.58. The van der Waals surface area contributed by atoms with E-state index in [1.54, 1.807) is 6.92 Å². The molecule has 3 N–H and O–H groups in total. The van der Waals surface area contributed by atoms with Crippen LogP contribution in [0.3, 0.4) is 0 Å². The molecule has 6 rings (SSSR count). The summed E-state index contributed by atoms with van der Waals surface area (Å²) in [6, 6.07) is 5.68. The normalized spacial score (nSPS) is 30.6. The molecule has 1 aromatic carbocycles. The van der Waals surface area contributed by atoms with E-state index in [0.29, 0.717) is 35.6 Å². The minimum absolute atomic E-state index is 0.0177. The molecule has 252 valence electrons. The number of hydrogen-bond donors (Lipinski definition) is 3. The summed E-state index contributed by atoms with van der Waals surface area (Å²) in [6.07, 6.45) is 8.89. The van der Waals surface area contributed by atoms with Gasteiger partial charge in [0.25, 0.3) is 0 Å². The standard InChI is InChI=1S/C39H49NO7/c1-8-9-22-10-12-23(13-11-22)16-24-14-15-29(47-24)25-17-27(40(6)7)26-18-37(3)20-38(4)19-28(42)30(21(2)41)35(45)39(38,5)36(46)32(37)34(44)31(26)33(25)43/h14-15,17,22-23,42-43,46H,8-13,16,18-20H2,1-7H3/t22?,23?,37-,38+,39-/m1/s1. The van der Waals surface area contributed by atoms with Crippen molar-refractivity contribution in [1.82, 2.24) is 0 Å². The van der Waals surface area contributed by atoms with Crippen LogP contribution >= 0.6 is 0 Å². The van der Waals surface area contributed by atoms with E-state index in [4.69, 9.17) is 4.42 Å². The van der Waals surface area contributed by atoms with Crippen LogP contribution in [0.4, 0.5) is 5.69 Å². The molecule has 0 saturated heterocycles. The highest BCUT2D eigenvalue weighted by Crippen LogP contribution is 2.66. The van der Waals surface area contributed by atoms with Gasteiger partial charge >= 0.3 is 0 Å². The Balaban J connectivity index is 1.42. The molecule has 4 aliphatic carbocycles. The van der Waals surface area contributed by atoms with Crippen molar-refractivity contribution in [1.29, 1.82) is 0 Å². The van der Waals surface area contributed by atoms with E-state index in [2.05, 4.69) is 6.92 Å². The van der Waals surface area contributed by atoms with E-state index in [0.717, 1.165) is 23.8 Å². The number of nitrogens with zero attached hydrogens (tertiary/aromatic N) is 1. The molecule has 1 saturated carbocycles. The number of fused-ring (bicyclic) bond motifs is 3. The summed E-state index contributed by atoms with van der Waals surface area (Å²) in [5.74, 6) is 0.0387. The molecule has 4 aliphatic rings. The first-order valence-corrected chi connectivity index (χ1v) is 17.2. The molecule has 8 heteroatoms. The van der Waals surface area contributed by atoms with Crippen molar-refractivity contribution >= 4 is 23.0 Å². The average Bonchev–Trinajstić information content (AvgIpc) is 3.43. The quantitative estimate of drug-likeness (QED) is 0.258. The number of anilines is 1. The van der Waals surface area contributed by atoms with E-state index in [9.17, 15) is 29.7 Å². The minimum Gasteiger partial charge on any atom is -0.511 e. The van der Waals surface area contributed by atoms with Crippen molar-refractivity contribution < 1.29 is 34.1 Å². The van der Waals surface area contributed by atoms with Gasteiger partial charge in [0, 0.05) is 43.6 Å². The number of furan rings is 1. The van der Waals surface area contributed by atoms with Gasteiger partial charge in [-0.2, -0.15) is 0 Å². The van der Waals surface area contributed by atoms with Crippen LogP contribution in [0.25, 0.3) is 11.3 Å². The molecule has 1 heterocycles. The maximum Gasteiger partial charge on any atom is 0.197 e. The first kappa shape index (κ1) is 33.1. The van der Waals surface area contributed by atoms with Gasteiger partial charge in [0.05, 0.1) is 22.1 Å². The maximum absolute atomic E-state index is 14.6. The summed E-state index contributed by atoms with van der Waals surface area (Å²) in [5, 5.41) is 34.7. The summed E-state index contributed by atoms with van der Waals surface area (Å²) in [5.41, 5.74) is -1.80. The predicted octanol–water partition coefficient (Wildman–Crippen LogP) is 8.21. The lowest BCUT2D eigenvalue weighted by atomic mass is 9.44. The molecule has 0 spiro atoms. The second-order valence-corrected chi connectivity index (χ2v) is 15.7. The summed E-state index contributed by atoms with van der Waals surface area (Å²) in [6.45, 7) is 8.76. The molecule has 0 aliphatic heterocycles. The molecule has 0 amide bonds. The summed E-state index contributed by atoms with van der Waals surface area (Å²) in [7, 11) is 3.78. The number of phenols is 1. The van der Waals surface area contributed by atoms with E-state index in [1.807, 2.05) is 51.0 Å². The van der Waals surface area contributed by atoms with Gasteiger partial charge in [0.1, 0.15) is 28.8 Å². The van der Waals surface area contributed by atoms with E-state index in [-0.39, 0.29) is 40.4 Å². The summed E-state index contributed by atoms with van der Waals surface area (Å²) >= 11 is 0. The monoisotopic (exact) mass is 643 g/mol. The van der Waals surface area contributed by atoms with Crippen LogP contribution < -0.4 is 4.90 Å². The number of allylic oxidation sites excluding steroid dienone is 4. The van der Waals surface area contributed by atoms with Crippen molar-refractivity contribution in [2.24, 2.45) is 28.1 Å². The molecule has 1 fully saturated rings. The van der Waals surface area contributed by atoms with Gasteiger partial charge in [-0.15, -0.1) is 0 Å². The molecular formula is C39H49NO7. The summed E-state index contributed by atoms with van der Waals surface area (Å²) < 4.78 is 6.34. The number of rotatable bonds is 7. The molecule has 0 radical (unpaired) electrons. The molecule has 0 bridgehead atoms. The Labute approximate surface area is 277 Å². The third-order valence-corrected chi connectivity index (χ3v) is 12.1. The average molecular weight is 644 g/mol. The number of ketones is 3. The highest BCUT2D eigenvalue weighted by atomic mass is 16.3. The van der Waals surface area contributed by atoms with Crippen molar-refractivity contribution in [2.45, 2.75) is 98.8 Å². The van der Waals surface area contributed by atoms with Crippen LogP contribution in [0.5, 0.6) is 5.75 Å². The first-order chi connectivity index (χ1) is 22.1. The zero-order valence-corrected chi connectivity index (χ0v) is 28.9. The topological polar surface area (TPSA) is 128 Å². The number of aromatic hydroxyl groups is 1. The number of Topliss-reactive ketones (excluding diaryl/α,β-unsaturated/α-hetero) is 3. The Kier molecular flexibility index (Phi) is 8.04. The number of aliphatic hydroxyl groups is 2. The number of carbonyl (C=O) groups excluding carboxylic acids is 3. The Morgan fingerprint density at radius 1 is 1.00 bits per heavy atom. The van der Waals surface area contributed by atoms with E-state index in [1.165, 1.54) is 45.4 Å². The molecule has 47 heavy (non-hydrogen) atoms. The Bertz CT molecular complexity index is 1730. The minimum atomic E-state index is -1.61. The Hall–Kier alpha value is -3.81. The van der Waals surface area contributed by atoms with Gasteiger partial charge < -0.3 is 24.6 Å². The zero-order valence-electron chi connectivity index (χ0n) is 28.9. The molecule has 1 aromatic heterocycles. The van der Waals surface area contributed by atoms with Gasteiger partial charge in [-0.05, 0) is 80.5 Å². The van der Waals surface area contributed by atoms with Crippen molar-refractivity contribution in [3.63, 3.8) is 0 Å². The number of carbonyl (C=O) groups is 3. The molecule has 2 aromatic rings. The van der Waals surface area contributed by atoms with Gasteiger partial charge in [0.2, 0.25) is 0 Å². The smallest absolute Gasteiger partial charge is 0.197 e. The van der Waals surface area contributed by atoms with Crippen LogP contribution in [0.15, 0.2) is 45.3 Å². The number of aliphatic hydroxyl groups excluding tert-OH is 2. The molecular weight excluding hydrogens is 594 g/mol. The number of phenolic OH excluding ortho intramolecular Hbond substituents is 1. The van der Waals surface area contributed by atoms with Crippen LogP contribution in [0, 0.1) is 28.1 Å². The van der Waals surface area contributed by atoms with Crippen LogP contribution in [0.1, 0.15) is 108 Å². The van der Waals surface area contributed by atoms with Crippen LogP contribution in [-0.2, 0) is 22.4 Å². The van der Waals surface area contributed by atoms with Crippen molar-refractivity contribution in [2.75, 3.05) is 19.0 Å². The lowest BCUT2D eigenvalue weighted by Gasteiger charge is -2.57. The van der Waals surface area contributed by atoms with Gasteiger partial charge in [-0.3, -0.25) is 14.4 Å². The third-order valence-electron chi connectivity index (χ3n) is 12.1. The van der Waals surface area contributed by atoms with Crippen molar-refractivity contribution in [3.05, 3.63) is 57.8 Å². The van der Waals surface area contributed by atoms with Crippen LogP contribution in [-0.4, -0.2) is 46.8 Å². The fraction of sp³-hybridized carbons (Fsp3) is 0.564. The molecule has 3 atom stereocenters. The van der Waals surface area contributed by atoms with E-state index < -0.39 is 33.6 Å². The van der Waals surface area contributed by atoms with E-state index >= 15 is 0 Å². The second-order valence-electron chi connectivity index (χ2n) is 15.7. The summed E-state index contributed by atoms with van der Waals surface area (Å²) in [4.78, 5) is 42.9. The Morgan fingerprint density at radius 2 is 1.66 bits per heavy atom. The lowest BCUT2D eigenvalue weighted by Crippen LogP contribution is -2.57. The fourth-order valence-corrected chi connectivity index (χ4v) is 9.58. The Morgan fingerprint density at radius 3 is 2.28 bits per heavy atom. The molecule has 8 nitrogen and oxygen atoms in total. The first-order valence-electron chi connectivity index (χ1n) is 17.2. The predicted molar refractivity (Wildman–Crippen MR) is 181 cm³/mol. The number of hydrogen-bond acceptors (Lipinski definition) is 8. The zero-order chi connectivity index (χ0) is 34.2. The van der Waals surface area contributed by atoms with Crippen molar-refractivity contribution in [3.8, 4) is 17.1 Å². The van der Waals surface area contributed by atoms with Crippen LogP contribution in [0.2, 0.25) is 0 Å². The highest BCUT2D eigenvalue weighted by molar-refractivity contribution is 6.24. The second kappa shape index (κ2) is 11.4. The third kappa shape index (κ3) is 4.96. The lowest BCUT2D eigenvalue weighted by molar-refractivity contribution is -0.138. The molecule has 0 unspecified atom stereocenters. The number of benzene rings is 1.